The summed E-state index contributed by atoms with van der Waals surface area (Å²) in [7, 11) is 0. The van der Waals surface area contributed by atoms with Crippen LogP contribution in [-0.4, -0.2) is 19.9 Å². The van der Waals surface area contributed by atoms with Crippen LogP contribution in [0.4, 0.5) is 0 Å². The zero-order chi connectivity index (χ0) is 10.1. The van der Waals surface area contributed by atoms with Gasteiger partial charge in [0.15, 0.2) is 11.5 Å². The van der Waals surface area contributed by atoms with Gasteiger partial charge in [0.2, 0.25) is 6.79 Å². The summed E-state index contributed by atoms with van der Waals surface area (Å²) in [6.45, 7) is 2.33. The quantitative estimate of drug-likeness (QED) is 0.815. The van der Waals surface area contributed by atoms with E-state index in [1.165, 1.54) is 11.1 Å². The molecule has 0 aliphatic carbocycles. The molecule has 0 unspecified atom stereocenters. The fraction of sp³-hybridized carbons (Fsp3) is 0.333. The summed E-state index contributed by atoms with van der Waals surface area (Å²) in [6.07, 6.45) is 3.28. The van der Waals surface area contributed by atoms with Gasteiger partial charge >= 0.3 is 0 Å². The van der Waals surface area contributed by atoms with Crippen molar-refractivity contribution in [1.82, 2.24) is 5.32 Å². The molecule has 0 aromatic heterocycles. The van der Waals surface area contributed by atoms with E-state index in [4.69, 9.17) is 9.47 Å². The lowest BCUT2D eigenvalue weighted by molar-refractivity contribution is 0.173. The van der Waals surface area contributed by atoms with Gasteiger partial charge in [-0.3, -0.25) is 0 Å². The van der Waals surface area contributed by atoms with Crippen LogP contribution in [0.15, 0.2) is 24.3 Å². The summed E-state index contributed by atoms with van der Waals surface area (Å²) < 4.78 is 10.9. The SMILES string of the molecule is C1=C(c2cccc3c2OCO3)CCNC1.Cl. The molecule has 0 radical (unpaired) electrons. The minimum atomic E-state index is 0. The average molecular weight is 240 g/mol. The van der Waals surface area contributed by atoms with Crippen molar-refractivity contribution in [2.24, 2.45) is 0 Å². The Morgan fingerprint density at radius 2 is 2.12 bits per heavy atom. The zero-order valence-corrected chi connectivity index (χ0v) is 9.68. The number of hydrogen-bond acceptors (Lipinski definition) is 3. The lowest BCUT2D eigenvalue weighted by atomic mass is 9.99. The predicted octanol–water partition coefficient (Wildman–Crippen LogP) is 2.21. The molecule has 86 valence electrons. The van der Waals surface area contributed by atoms with Crippen molar-refractivity contribution in [2.75, 3.05) is 19.9 Å². The van der Waals surface area contributed by atoms with Crippen LogP contribution in [-0.2, 0) is 0 Å². The monoisotopic (exact) mass is 239 g/mol. The average Bonchev–Trinajstić information content (AvgIpc) is 2.78. The molecule has 2 aliphatic rings. The van der Waals surface area contributed by atoms with Gasteiger partial charge in [-0.2, -0.15) is 0 Å². The van der Waals surface area contributed by atoms with Crippen molar-refractivity contribution >= 4 is 18.0 Å². The number of nitrogens with one attached hydrogen (secondary N) is 1. The van der Waals surface area contributed by atoms with Crippen LogP contribution in [0.1, 0.15) is 12.0 Å². The van der Waals surface area contributed by atoms with Crippen molar-refractivity contribution in [3.05, 3.63) is 29.8 Å². The van der Waals surface area contributed by atoms with Crippen molar-refractivity contribution in [3.63, 3.8) is 0 Å². The minimum absolute atomic E-state index is 0. The molecule has 1 aromatic carbocycles. The molecule has 16 heavy (non-hydrogen) atoms. The third-order valence-electron chi connectivity index (χ3n) is 2.81. The summed E-state index contributed by atoms with van der Waals surface area (Å²) in [6, 6.07) is 6.07. The highest BCUT2D eigenvalue weighted by molar-refractivity contribution is 5.85. The summed E-state index contributed by atoms with van der Waals surface area (Å²) in [5.74, 6) is 1.78. The number of hydrogen-bond donors (Lipinski definition) is 1. The minimum Gasteiger partial charge on any atom is -0.454 e. The Hall–Kier alpha value is -1.19. The molecule has 2 heterocycles. The van der Waals surface area contributed by atoms with E-state index < -0.39 is 0 Å². The van der Waals surface area contributed by atoms with Crippen molar-refractivity contribution in [3.8, 4) is 11.5 Å². The van der Waals surface area contributed by atoms with E-state index in [0.717, 1.165) is 31.0 Å². The van der Waals surface area contributed by atoms with Crippen LogP contribution < -0.4 is 14.8 Å². The van der Waals surface area contributed by atoms with Gasteiger partial charge in [0, 0.05) is 12.1 Å². The molecule has 0 saturated heterocycles. The van der Waals surface area contributed by atoms with E-state index in [9.17, 15) is 0 Å². The molecule has 3 nitrogen and oxygen atoms in total. The van der Waals surface area contributed by atoms with Gasteiger partial charge in [0.25, 0.3) is 0 Å². The lowest BCUT2D eigenvalue weighted by Gasteiger charge is -2.15. The molecule has 1 N–H and O–H groups in total. The van der Waals surface area contributed by atoms with E-state index >= 15 is 0 Å². The Kier molecular flexibility index (Phi) is 3.36. The van der Waals surface area contributed by atoms with E-state index in [2.05, 4.69) is 17.5 Å². The molecule has 1 aromatic rings. The second-order valence-corrected chi connectivity index (χ2v) is 3.72. The van der Waals surface area contributed by atoms with E-state index in [1.807, 2.05) is 12.1 Å². The van der Waals surface area contributed by atoms with Crippen LogP contribution in [0, 0.1) is 0 Å². The molecule has 0 atom stereocenters. The third-order valence-corrected chi connectivity index (χ3v) is 2.81. The fourth-order valence-corrected chi connectivity index (χ4v) is 2.05. The molecule has 0 bridgehead atoms. The standard InChI is InChI=1S/C12H13NO2.ClH/c1-2-10(9-4-6-13-7-5-9)12-11(3-1)14-8-15-12;/h1-4,13H,5-8H2;1H. The van der Waals surface area contributed by atoms with Crippen molar-refractivity contribution in [1.29, 1.82) is 0 Å². The van der Waals surface area contributed by atoms with Crippen molar-refractivity contribution < 1.29 is 9.47 Å². The molecule has 0 saturated carbocycles. The molecule has 0 amide bonds. The number of fused-ring (bicyclic) bond motifs is 1. The first-order valence-electron chi connectivity index (χ1n) is 5.24. The number of para-hydroxylation sites is 1. The second kappa shape index (κ2) is 4.76. The van der Waals surface area contributed by atoms with E-state index in [0.29, 0.717) is 6.79 Å². The van der Waals surface area contributed by atoms with Gasteiger partial charge in [-0.15, -0.1) is 12.4 Å². The summed E-state index contributed by atoms with van der Waals surface area (Å²) in [5.41, 5.74) is 2.54. The number of benzene rings is 1. The molecule has 3 rings (SSSR count). The molecule has 4 heteroatoms. The van der Waals surface area contributed by atoms with Crippen LogP contribution in [0.25, 0.3) is 5.57 Å². The molecule has 0 spiro atoms. The highest BCUT2D eigenvalue weighted by Crippen LogP contribution is 2.39. The highest BCUT2D eigenvalue weighted by Gasteiger charge is 2.19. The summed E-state index contributed by atoms with van der Waals surface area (Å²) in [4.78, 5) is 0. The normalized spacial score (nSPS) is 17.6. The Morgan fingerprint density at radius 1 is 1.19 bits per heavy atom. The second-order valence-electron chi connectivity index (χ2n) is 3.72. The third kappa shape index (κ3) is 1.88. The molecular formula is C12H14ClNO2. The first-order valence-corrected chi connectivity index (χ1v) is 5.24. The fourth-order valence-electron chi connectivity index (χ4n) is 2.05. The Morgan fingerprint density at radius 3 is 2.94 bits per heavy atom. The smallest absolute Gasteiger partial charge is 0.231 e. The van der Waals surface area contributed by atoms with Crippen LogP contribution in [0.3, 0.4) is 0 Å². The predicted molar refractivity (Wildman–Crippen MR) is 65.3 cm³/mol. The first kappa shape index (κ1) is 11.3. The molecule has 2 aliphatic heterocycles. The Bertz CT molecular complexity index is 417. The van der Waals surface area contributed by atoms with Gasteiger partial charge in [-0.05, 0) is 24.6 Å². The summed E-state index contributed by atoms with van der Waals surface area (Å²) >= 11 is 0. The van der Waals surface area contributed by atoms with Gasteiger partial charge in [-0.25, -0.2) is 0 Å². The number of rotatable bonds is 1. The van der Waals surface area contributed by atoms with Crippen LogP contribution in [0.5, 0.6) is 11.5 Å². The zero-order valence-electron chi connectivity index (χ0n) is 8.86. The lowest BCUT2D eigenvalue weighted by Crippen LogP contribution is -2.20. The maximum absolute atomic E-state index is 5.50. The molecule has 0 fully saturated rings. The molecular weight excluding hydrogens is 226 g/mol. The van der Waals surface area contributed by atoms with E-state index in [-0.39, 0.29) is 12.4 Å². The van der Waals surface area contributed by atoms with Crippen LogP contribution >= 0.6 is 12.4 Å². The topological polar surface area (TPSA) is 30.5 Å². The maximum Gasteiger partial charge on any atom is 0.231 e. The van der Waals surface area contributed by atoms with Gasteiger partial charge in [0.05, 0.1) is 0 Å². The highest BCUT2D eigenvalue weighted by atomic mass is 35.5. The number of ether oxygens (including phenoxy) is 2. The van der Waals surface area contributed by atoms with Gasteiger partial charge in [-0.1, -0.05) is 18.2 Å². The first-order chi connectivity index (χ1) is 7.45. The summed E-state index contributed by atoms with van der Waals surface area (Å²) in [5, 5.41) is 3.30. The van der Waals surface area contributed by atoms with Crippen LogP contribution in [0.2, 0.25) is 0 Å². The maximum atomic E-state index is 5.50. The van der Waals surface area contributed by atoms with Gasteiger partial charge < -0.3 is 14.8 Å². The van der Waals surface area contributed by atoms with E-state index in [1.54, 1.807) is 0 Å². The largest absolute Gasteiger partial charge is 0.454 e. The van der Waals surface area contributed by atoms with Crippen molar-refractivity contribution in [2.45, 2.75) is 6.42 Å². The Labute approximate surface area is 101 Å². The Balaban J connectivity index is 0.000000963. The van der Waals surface area contributed by atoms with Gasteiger partial charge in [0.1, 0.15) is 0 Å². The number of halogens is 1.